The molecule has 0 atom stereocenters. The standard InChI is InChI=1S/C39H58O19/c1-7-33(41)54-19-13-47-25-38(24-46-12-18-53-32(6)40,26-48-14-20-55-34(42)8-2)30-52-31-39(27-49-15-21-56-35(43)9-3,28-50-16-22-57-36(44)10-4)29-51-17-23-58-37(45)11-5/h7-11H,1-5,12-31H2,6H3. The van der Waals surface area contributed by atoms with Crippen molar-refractivity contribution < 1.29 is 90.3 Å². The molecule has 0 radical (unpaired) electrons. The first-order valence-electron chi connectivity index (χ1n) is 18.0. The molecule has 19 heteroatoms. The third kappa shape index (κ3) is 28.6. The Morgan fingerprint density at radius 2 is 0.517 bits per heavy atom. The smallest absolute Gasteiger partial charge is 0.330 e. The number of ether oxygens (including phenoxy) is 13. The van der Waals surface area contributed by atoms with Gasteiger partial charge in [-0.2, -0.15) is 0 Å². The summed E-state index contributed by atoms with van der Waals surface area (Å²) in [6.45, 7) is 16.9. The first-order chi connectivity index (χ1) is 27.9. The predicted molar refractivity (Wildman–Crippen MR) is 203 cm³/mol. The van der Waals surface area contributed by atoms with Crippen LogP contribution in [0.5, 0.6) is 0 Å². The van der Waals surface area contributed by atoms with E-state index >= 15 is 0 Å². The average molecular weight is 831 g/mol. The molecule has 19 nitrogen and oxygen atoms in total. The van der Waals surface area contributed by atoms with Crippen molar-refractivity contribution in [1.29, 1.82) is 0 Å². The first-order valence-corrected chi connectivity index (χ1v) is 18.0. The molecule has 0 heterocycles. The lowest BCUT2D eigenvalue weighted by Gasteiger charge is -2.36. The molecule has 0 rings (SSSR count). The fraction of sp³-hybridized carbons (Fsp3) is 0.590. The Kier molecular flexibility index (Phi) is 31.5. The van der Waals surface area contributed by atoms with E-state index in [0.717, 1.165) is 30.4 Å². The lowest BCUT2D eigenvalue weighted by molar-refractivity contribution is -0.157. The molecule has 0 N–H and O–H groups in total. The van der Waals surface area contributed by atoms with Gasteiger partial charge >= 0.3 is 35.8 Å². The van der Waals surface area contributed by atoms with E-state index in [2.05, 4.69) is 32.9 Å². The lowest BCUT2D eigenvalue weighted by atomic mass is 9.90. The summed E-state index contributed by atoms with van der Waals surface area (Å²) < 4.78 is 71.8. The van der Waals surface area contributed by atoms with Gasteiger partial charge in [-0.25, -0.2) is 24.0 Å². The van der Waals surface area contributed by atoms with Gasteiger partial charge in [-0.15, -0.1) is 0 Å². The fourth-order valence-corrected chi connectivity index (χ4v) is 4.26. The number of carbonyl (C=O) groups is 6. The van der Waals surface area contributed by atoms with Crippen molar-refractivity contribution >= 4 is 35.8 Å². The zero-order valence-electron chi connectivity index (χ0n) is 33.3. The molecule has 0 spiro atoms. The maximum atomic E-state index is 11.6. The first kappa shape index (κ1) is 53.2. The summed E-state index contributed by atoms with van der Waals surface area (Å²) in [5.41, 5.74) is -2.17. The van der Waals surface area contributed by atoms with Gasteiger partial charge in [-0.3, -0.25) is 4.79 Å². The van der Waals surface area contributed by atoms with E-state index in [1.165, 1.54) is 6.92 Å². The fourth-order valence-electron chi connectivity index (χ4n) is 4.26. The van der Waals surface area contributed by atoms with E-state index in [4.69, 9.17) is 61.6 Å². The zero-order valence-corrected chi connectivity index (χ0v) is 33.3. The van der Waals surface area contributed by atoms with Crippen LogP contribution in [0.15, 0.2) is 63.3 Å². The van der Waals surface area contributed by atoms with Crippen LogP contribution in [0, 0.1) is 10.8 Å². The zero-order chi connectivity index (χ0) is 43.3. The van der Waals surface area contributed by atoms with Gasteiger partial charge in [-0.05, 0) is 0 Å². The molecule has 0 fully saturated rings. The van der Waals surface area contributed by atoms with Crippen molar-refractivity contribution in [2.45, 2.75) is 6.92 Å². The summed E-state index contributed by atoms with van der Waals surface area (Å²) >= 11 is 0. The van der Waals surface area contributed by atoms with E-state index in [-0.39, 0.29) is 132 Å². The highest BCUT2D eigenvalue weighted by molar-refractivity contribution is 5.82. The van der Waals surface area contributed by atoms with Crippen LogP contribution >= 0.6 is 0 Å². The second kappa shape index (κ2) is 34.3. The summed E-state index contributed by atoms with van der Waals surface area (Å²) in [5.74, 6) is -3.68. The summed E-state index contributed by atoms with van der Waals surface area (Å²) in [7, 11) is 0. The van der Waals surface area contributed by atoms with E-state index in [1.54, 1.807) is 0 Å². The van der Waals surface area contributed by atoms with Gasteiger partial charge < -0.3 is 61.6 Å². The Hall–Kier alpha value is -4.76. The molecule has 0 bridgehead atoms. The predicted octanol–water partition coefficient (Wildman–Crippen LogP) is 1.28. The van der Waals surface area contributed by atoms with Crippen LogP contribution in [0.25, 0.3) is 0 Å². The Balaban J connectivity index is 6.39. The molecule has 0 aliphatic heterocycles. The second-order valence-corrected chi connectivity index (χ2v) is 12.0. The Bertz CT molecular complexity index is 1180. The van der Waals surface area contributed by atoms with Gasteiger partial charge in [0.2, 0.25) is 0 Å². The molecule has 0 aliphatic rings. The van der Waals surface area contributed by atoms with Crippen molar-refractivity contribution in [2.75, 3.05) is 132 Å². The molecule has 0 saturated heterocycles. The number of hydrogen-bond donors (Lipinski definition) is 0. The van der Waals surface area contributed by atoms with Gasteiger partial charge in [0.25, 0.3) is 0 Å². The summed E-state index contributed by atoms with van der Waals surface area (Å²) in [4.78, 5) is 69.1. The van der Waals surface area contributed by atoms with Gasteiger partial charge in [0.1, 0.15) is 39.6 Å². The van der Waals surface area contributed by atoms with Crippen LogP contribution < -0.4 is 0 Å². The van der Waals surface area contributed by atoms with Gasteiger partial charge in [0.15, 0.2) is 0 Å². The minimum absolute atomic E-state index is 0.0119. The normalized spacial score (nSPS) is 11.1. The SMILES string of the molecule is C=CC(=O)OCCOCC(COCCOC(C)=O)(COCCOC(=O)C=C)COCC(COCCOC(=O)C=C)(COCCOC(=O)C=C)COCCOC(=O)C=C. The van der Waals surface area contributed by atoms with Gasteiger partial charge in [0, 0.05) is 37.3 Å². The van der Waals surface area contributed by atoms with Crippen LogP contribution in [0.3, 0.4) is 0 Å². The second-order valence-electron chi connectivity index (χ2n) is 12.0. The molecule has 58 heavy (non-hydrogen) atoms. The topological polar surface area (TPSA) is 222 Å². The summed E-state index contributed by atoms with van der Waals surface area (Å²) in [5, 5.41) is 0. The number of esters is 6. The molecular formula is C39H58O19. The van der Waals surface area contributed by atoms with Crippen LogP contribution in [-0.2, 0) is 90.3 Å². The molecule has 0 aromatic carbocycles. The lowest BCUT2D eigenvalue weighted by Crippen LogP contribution is -2.46. The summed E-state index contributed by atoms with van der Waals surface area (Å²) in [6.07, 6.45) is 5.07. The van der Waals surface area contributed by atoms with E-state index in [0.29, 0.717) is 0 Å². The highest BCUT2D eigenvalue weighted by Crippen LogP contribution is 2.25. The highest BCUT2D eigenvalue weighted by atomic mass is 16.6. The maximum Gasteiger partial charge on any atom is 0.330 e. The molecule has 0 amide bonds. The minimum Gasteiger partial charge on any atom is -0.463 e. The Labute approximate surface area is 339 Å². The van der Waals surface area contributed by atoms with Crippen LogP contribution in [0.2, 0.25) is 0 Å². The van der Waals surface area contributed by atoms with Gasteiger partial charge in [-0.1, -0.05) is 32.9 Å². The largest absolute Gasteiger partial charge is 0.463 e. The Morgan fingerprint density at radius 3 is 0.707 bits per heavy atom. The average Bonchev–Trinajstić information content (AvgIpc) is 3.21. The summed E-state index contributed by atoms with van der Waals surface area (Å²) in [6, 6.07) is 0. The molecule has 0 aromatic heterocycles. The molecule has 0 unspecified atom stereocenters. The van der Waals surface area contributed by atoms with Gasteiger partial charge in [0.05, 0.1) is 103 Å². The van der Waals surface area contributed by atoms with Crippen molar-refractivity contribution in [1.82, 2.24) is 0 Å². The molecular weight excluding hydrogens is 772 g/mol. The number of carbonyl (C=O) groups excluding carboxylic acids is 6. The van der Waals surface area contributed by atoms with Crippen molar-refractivity contribution in [2.24, 2.45) is 10.8 Å². The third-order valence-corrected chi connectivity index (χ3v) is 6.99. The number of rotatable bonds is 39. The molecule has 328 valence electrons. The number of hydrogen-bond acceptors (Lipinski definition) is 19. The molecule has 0 saturated carbocycles. The van der Waals surface area contributed by atoms with Crippen molar-refractivity contribution in [3.8, 4) is 0 Å². The van der Waals surface area contributed by atoms with Crippen molar-refractivity contribution in [3.63, 3.8) is 0 Å². The van der Waals surface area contributed by atoms with Crippen LogP contribution in [-0.4, -0.2) is 168 Å². The molecule has 0 aromatic rings. The monoisotopic (exact) mass is 830 g/mol. The van der Waals surface area contributed by atoms with Crippen LogP contribution in [0.4, 0.5) is 0 Å². The van der Waals surface area contributed by atoms with E-state index < -0.39 is 46.6 Å². The van der Waals surface area contributed by atoms with E-state index in [1.807, 2.05) is 0 Å². The Morgan fingerprint density at radius 1 is 0.328 bits per heavy atom. The van der Waals surface area contributed by atoms with E-state index in [9.17, 15) is 28.8 Å². The minimum atomic E-state index is -1.09. The maximum absolute atomic E-state index is 11.6. The van der Waals surface area contributed by atoms with Crippen molar-refractivity contribution in [3.05, 3.63) is 63.3 Å². The quantitative estimate of drug-likeness (QED) is 0.0368. The third-order valence-electron chi connectivity index (χ3n) is 6.99. The molecule has 0 aliphatic carbocycles. The highest BCUT2D eigenvalue weighted by Gasteiger charge is 2.37. The van der Waals surface area contributed by atoms with Crippen LogP contribution in [0.1, 0.15) is 6.92 Å².